The van der Waals surface area contributed by atoms with Crippen molar-refractivity contribution >= 4 is 75.2 Å². The van der Waals surface area contributed by atoms with Crippen LogP contribution in [0.1, 0.15) is 11.8 Å². The molecule has 0 aliphatic rings. The Bertz CT molecular complexity index is 1580. The van der Waals surface area contributed by atoms with Gasteiger partial charge in [0.25, 0.3) is 0 Å². The van der Waals surface area contributed by atoms with Crippen molar-refractivity contribution in [3.05, 3.63) is 70.9 Å². The molecule has 0 spiro atoms. The lowest BCUT2D eigenvalue weighted by Crippen LogP contribution is -1.81. The number of thiophene rings is 2. The molecule has 0 nitrogen and oxygen atoms in total. The molecule has 4 aromatic carbocycles. The largest absolute Gasteiger partial charge is 0.144 e. The molecule has 0 saturated carbocycles. The lowest BCUT2D eigenvalue weighted by molar-refractivity contribution is 1.86. The topological polar surface area (TPSA) is 0 Å². The van der Waals surface area contributed by atoms with Crippen molar-refractivity contribution in [2.24, 2.45) is 0 Å². The summed E-state index contributed by atoms with van der Waals surface area (Å²) in [4.78, 5) is 1.14. The Morgan fingerprint density at radius 3 is 2.07 bits per heavy atom. The highest BCUT2D eigenvalue weighted by Crippen LogP contribution is 2.37. The van der Waals surface area contributed by atoms with Gasteiger partial charge in [-0.05, 0) is 91.8 Å². The van der Waals surface area contributed by atoms with E-state index in [2.05, 4.69) is 77.9 Å². The van der Waals surface area contributed by atoms with E-state index in [-0.39, 0.29) is 0 Å². The van der Waals surface area contributed by atoms with Gasteiger partial charge >= 0.3 is 0 Å². The van der Waals surface area contributed by atoms with Crippen LogP contribution in [-0.2, 0) is 0 Å². The van der Waals surface area contributed by atoms with Crippen LogP contribution in [0.2, 0.25) is 0 Å². The first-order valence-electron chi connectivity index (χ1n) is 8.93. The van der Waals surface area contributed by atoms with Gasteiger partial charge in [-0.1, -0.05) is 30.2 Å². The van der Waals surface area contributed by atoms with Crippen LogP contribution in [0.3, 0.4) is 0 Å². The molecule has 27 heavy (non-hydrogen) atoms. The van der Waals surface area contributed by atoms with E-state index in [0.717, 1.165) is 4.88 Å². The number of benzene rings is 4. The van der Waals surface area contributed by atoms with Crippen molar-refractivity contribution in [2.45, 2.75) is 6.92 Å². The van der Waals surface area contributed by atoms with Crippen molar-refractivity contribution in [3.8, 4) is 11.8 Å². The average molecular weight is 379 g/mol. The summed E-state index contributed by atoms with van der Waals surface area (Å²) in [5.74, 6) is 6.21. The minimum atomic E-state index is 1.14. The highest BCUT2D eigenvalue weighted by Gasteiger charge is 2.09. The zero-order valence-corrected chi connectivity index (χ0v) is 16.3. The molecule has 126 valence electrons. The summed E-state index contributed by atoms with van der Waals surface area (Å²) in [6.45, 7) is 1.89. The molecule has 0 N–H and O–H groups in total. The molecule has 0 bridgehead atoms. The molecule has 0 atom stereocenters. The van der Waals surface area contributed by atoms with Crippen LogP contribution < -0.4 is 0 Å². The van der Waals surface area contributed by atoms with Crippen LogP contribution in [0.25, 0.3) is 52.5 Å². The van der Waals surface area contributed by atoms with Gasteiger partial charge in [-0.2, -0.15) is 0 Å². The Balaban J connectivity index is 1.74. The van der Waals surface area contributed by atoms with E-state index in [1.165, 1.54) is 52.5 Å². The molecule has 0 fully saturated rings. The molecular weight excluding hydrogens is 364 g/mol. The van der Waals surface area contributed by atoms with E-state index in [1.54, 1.807) is 11.3 Å². The van der Waals surface area contributed by atoms with Crippen molar-refractivity contribution in [1.29, 1.82) is 0 Å². The summed E-state index contributed by atoms with van der Waals surface area (Å²) in [7, 11) is 0. The Hall–Kier alpha value is -2.86. The quantitative estimate of drug-likeness (QED) is 0.186. The molecule has 6 aromatic rings. The first-order chi connectivity index (χ1) is 13.3. The highest BCUT2D eigenvalue weighted by atomic mass is 32.1. The summed E-state index contributed by atoms with van der Waals surface area (Å²) in [5.41, 5.74) is 0. The van der Waals surface area contributed by atoms with Gasteiger partial charge in [0.15, 0.2) is 0 Å². The maximum Gasteiger partial charge on any atom is 0.0780 e. The number of hydrogen-bond donors (Lipinski definition) is 0. The standard InChI is InChI=1S/C25H14S2/c1-2-3-19-10-18-12-23-16(14-25(18)27-19)5-7-20-21(23)6-4-15-13-24-17(8-9-26-24)11-22(15)20/h4-14H,1H3. The van der Waals surface area contributed by atoms with E-state index in [0.29, 0.717) is 0 Å². The molecule has 0 unspecified atom stereocenters. The number of hydrogen-bond acceptors (Lipinski definition) is 2. The maximum absolute atomic E-state index is 3.20. The predicted octanol–water partition coefficient (Wildman–Crippen LogP) is 7.95. The van der Waals surface area contributed by atoms with E-state index >= 15 is 0 Å². The Kier molecular flexibility index (Phi) is 3.14. The molecule has 0 amide bonds. The fourth-order valence-electron chi connectivity index (χ4n) is 4.05. The first kappa shape index (κ1) is 15.2. The van der Waals surface area contributed by atoms with Crippen LogP contribution in [0.15, 0.2) is 66.0 Å². The Morgan fingerprint density at radius 2 is 1.33 bits per heavy atom. The molecule has 2 aromatic heterocycles. The second-order valence-electron chi connectivity index (χ2n) is 6.85. The predicted molar refractivity (Wildman–Crippen MR) is 122 cm³/mol. The summed E-state index contributed by atoms with van der Waals surface area (Å²) in [5, 5.41) is 12.7. The van der Waals surface area contributed by atoms with Crippen LogP contribution in [0, 0.1) is 11.8 Å². The lowest BCUT2D eigenvalue weighted by atomic mass is 9.96. The van der Waals surface area contributed by atoms with E-state index in [9.17, 15) is 0 Å². The first-order valence-corrected chi connectivity index (χ1v) is 10.6. The molecule has 6 rings (SSSR count). The monoisotopic (exact) mass is 378 g/mol. The van der Waals surface area contributed by atoms with Crippen molar-refractivity contribution in [1.82, 2.24) is 0 Å². The van der Waals surface area contributed by atoms with E-state index < -0.39 is 0 Å². The lowest BCUT2D eigenvalue weighted by Gasteiger charge is -2.08. The van der Waals surface area contributed by atoms with Gasteiger partial charge in [-0.25, -0.2) is 0 Å². The van der Waals surface area contributed by atoms with Gasteiger partial charge in [-0.15, -0.1) is 28.6 Å². The van der Waals surface area contributed by atoms with Crippen LogP contribution in [0.4, 0.5) is 0 Å². The van der Waals surface area contributed by atoms with E-state index in [4.69, 9.17) is 0 Å². The fourth-order valence-corrected chi connectivity index (χ4v) is 5.87. The summed E-state index contributed by atoms with van der Waals surface area (Å²) in [6, 6.07) is 22.8. The number of rotatable bonds is 0. The minimum absolute atomic E-state index is 1.14. The third kappa shape index (κ3) is 2.23. The van der Waals surface area contributed by atoms with Gasteiger partial charge < -0.3 is 0 Å². The van der Waals surface area contributed by atoms with Crippen LogP contribution in [-0.4, -0.2) is 0 Å². The van der Waals surface area contributed by atoms with Crippen molar-refractivity contribution < 1.29 is 0 Å². The smallest absolute Gasteiger partial charge is 0.0780 e. The second kappa shape index (κ2) is 5.57. The normalized spacial score (nSPS) is 11.6. The summed E-state index contributed by atoms with van der Waals surface area (Å²) >= 11 is 3.58. The molecule has 2 heterocycles. The molecule has 0 radical (unpaired) electrons. The fraction of sp³-hybridized carbons (Fsp3) is 0.0400. The van der Waals surface area contributed by atoms with Crippen LogP contribution in [0.5, 0.6) is 0 Å². The summed E-state index contributed by atoms with van der Waals surface area (Å²) < 4.78 is 2.66. The zero-order chi connectivity index (χ0) is 18.0. The van der Waals surface area contributed by atoms with Gasteiger partial charge in [0.1, 0.15) is 0 Å². The van der Waals surface area contributed by atoms with Crippen molar-refractivity contribution in [3.63, 3.8) is 0 Å². The third-order valence-corrected chi connectivity index (χ3v) is 7.18. The van der Waals surface area contributed by atoms with Crippen molar-refractivity contribution in [2.75, 3.05) is 0 Å². The molecule has 0 saturated heterocycles. The highest BCUT2D eigenvalue weighted by molar-refractivity contribution is 7.19. The molecular formula is C25H14S2. The van der Waals surface area contributed by atoms with Gasteiger partial charge in [0.2, 0.25) is 0 Å². The SMILES string of the molecule is CC#Cc1cc2cc3c(ccc4c5cc6ccsc6cc5ccc34)cc2s1. The maximum atomic E-state index is 3.20. The Morgan fingerprint density at radius 1 is 0.630 bits per heavy atom. The molecule has 2 heteroatoms. The van der Waals surface area contributed by atoms with Gasteiger partial charge in [0.05, 0.1) is 4.88 Å². The minimum Gasteiger partial charge on any atom is -0.144 e. The zero-order valence-electron chi connectivity index (χ0n) is 14.7. The average Bonchev–Trinajstić information content (AvgIpc) is 3.29. The van der Waals surface area contributed by atoms with Gasteiger partial charge in [-0.3, -0.25) is 0 Å². The van der Waals surface area contributed by atoms with Gasteiger partial charge in [0, 0.05) is 9.40 Å². The Labute approximate surface area is 164 Å². The van der Waals surface area contributed by atoms with Crippen LogP contribution >= 0.6 is 22.7 Å². The third-order valence-electron chi connectivity index (χ3n) is 5.29. The summed E-state index contributed by atoms with van der Waals surface area (Å²) in [6.07, 6.45) is 0. The van der Waals surface area contributed by atoms with E-state index in [1.807, 2.05) is 18.3 Å². The molecule has 0 aliphatic heterocycles. The second-order valence-corrected chi connectivity index (χ2v) is 8.89. The molecule has 0 aliphatic carbocycles. The number of fused-ring (bicyclic) bond motifs is 7.